The summed E-state index contributed by atoms with van der Waals surface area (Å²) in [5.41, 5.74) is 0.988. The number of hydrogen-bond acceptors (Lipinski definition) is 5. The van der Waals surface area contributed by atoms with Gasteiger partial charge in [0, 0.05) is 38.2 Å². The lowest BCUT2D eigenvalue weighted by Gasteiger charge is -2.45. The van der Waals surface area contributed by atoms with Crippen LogP contribution in [-0.2, 0) is 4.74 Å². The number of likely N-dealkylation sites (tertiary alicyclic amines) is 2. The highest BCUT2D eigenvalue weighted by Gasteiger charge is 2.50. The SMILES string of the molecule is Cc1nocc1C(=O)N1CC(N2CC(F)(F)C[C@H]2COCC2CC2)C1. The van der Waals surface area contributed by atoms with Crippen molar-refractivity contribution in [2.45, 2.75) is 44.2 Å². The third kappa shape index (κ3) is 3.55. The van der Waals surface area contributed by atoms with E-state index in [0.717, 1.165) is 0 Å². The van der Waals surface area contributed by atoms with Gasteiger partial charge in [-0.15, -0.1) is 0 Å². The number of nitrogens with zero attached hydrogens (tertiary/aromatic N) is 3. The largest absolute Gasteiger partial charge is 0.380 e. The first-order chi connectivity index (χ1) is 11.9. The number of carbonyl (C=O) groups excluding carboxylic acids is 1. The minimum Gasteiger partial charge on any atom is -0.380 e. The molecule has 0 aromatic carbocycles. The maximum absolute atomic E-state index is 13.9. The topological polar surface area (TPSA) is 58.8 Å². The molecular weight excluding hydrogens is 332 g/mol. The summed E-state index contributed by atoms with van der Waals surface area (Å²) in [4.78, 5) is 15.9. The molecule has 6 nitrogen and oxygen atoms in total. The molecule has 4 rings (SSSR count). The second kappa shape index (κ2) is 6.32. The Bertz CT molecular complexity index is 641. The normalized spacial score (nSPS) is 26.8. The molecule has 138 valence electrons. The fraction of sp³-hybridized carbons (Fsp3) is 0.765. The van der Waals surface area contributed by atoms with Crippen molar-refractivity contribution in [1.29, 1.82) is 0 Å². The van der Waals surface area contributed by atoms with Crippen LogP contribution >= 0.6 is 0 Å². The fourth-order valence-corrected chi connectivity index (χ4v) is 3.66. The molecule has 2 aliphatic heterocycles. The summed E-state index contributed by atoms with van der Waals surface area (Å²) in [6, 6.07) is -0.305. The van der Waals surface area contributed by atoms with Crippen LogP contribution < -0.4 is 0 Å². The van der Waals surface area contributed by atoms with E-state index in [1.807, 2.05) is 4.90 Å². The van der Waals surface area contributed by atoms with Crippen LogP contribution in [0, 0.1) is 12.8 Å². The van der Waals surface area contributed by atoms with Gasteiger partial charge in [0.2, 0.25) is 0 Å². The van der Waals surface area contributed by atoms with Crippen molar-refractivity contribution in [2.24, 2.45) is 5.92 Å². The monoisotopic (exact) mass is 355 g/mol. The summed E-state index contributed by atoms with van der Waals surface area (Å²) in [5.74, 6) is -2.20. The molecule has 8 heteroatoms. The zero-order valence-corrected chi connectivity index (χ0v) is 14.3. The molecule has 0 unspecified atom stereocenters. The standard InChI is InChI=1S/C17H23F2N3O3/c1-11-15(9-25-20-11)16(23)21-5-14(6-21)22-10-17(18,19)4-13(22)8-24-7-12-2-3-12/h9,12-14H,2-8,10H2,1H3/t13-/m0/s1. The van der Waals surface area contributed by atoms with E-state index in [-0.39, 0.29) is 31.0 Å². The number of ether oxygens (including phenoxy) is 1. The number of hydrogen-bond donors (Lipinski definition) is 0. The van der Waals surface area contributed by atoms with Gasteiger partial charge in [0.15, 0.2) is 0 Å². The molecule has 0 N–H and O–H groups in total. The molecule has 1 atom stereocenters. The molecule has 2 saturated heterocycles. The van der Waals surface area contributed by atoms with Crippen molar-refractivity contribution in [3.63, 3.8) is 0 Å². The number of aromatic nitrogens is 1. The minimum atomic E-state index is -2.68. The van der Waals surface area contributed by atoms with Crippen molar-refractivity contribution in [3.8, 4) is 0 Å². The maximum atomic E-state index is 13.9. The van der Waals surface area contributed by atoms with E-state index in [9.17, 15) is 13.6 Å². The zero-order valence-electron chi connectivity index (χ0n) is 14.3. The maximum Gasteiger partial charge on any atom is 0.262 e. The summed E-state index contributed by atoms with van der Waals surface area (Å²) < 4.78 is 38.3. The number of halogens is 2. The average Bonchev–Trinajstić information content (AvgIpc) is 3.14. The van der Waals surface area contributed by atoms with Gasteiger partial charge in [0.25, 0.3) is 11.8 Å². The van der Waals surface area contributed by atoms with Crippen molar-refractivity contribution in [1.82, 2.24) is 15.0 Å². The third-order valence-electron chi connectivity index (χ3n) is 5.38. The Kier molecular flexibility index (Phi) is 4.27. The van der Waals surface area contributed by atoms with E-state index < -0.39 is 5.92 Å². The van der Waals surface area contributed by atoms with Gasteiger partial charge >= 0.3 is 0 Å². The third-order valence-corrected chi connectivity index (χ3v) is 5.38. The molecule has 3 aliphatic rings. The molecule has 1 amide bonds. The summed E-state index contributed by atoms with van der Waals surface area (Å²) in [6.45, 7) is 3.41. The summed E-state index contributed by atoms with van der Waals surface area (Å²) >= 11 is 0. The summed E-state index contributed by atoms with van der Waals surface area (Å²) in [5, 5.41) is 3.71. The van der Waals surface area contributed by atoms with Gasteiger partial charge in [0.1, 0.15) is 11.8 Å². The predicted octanol–water partition coefficient (Wildman–Crippen LogP) is 1.94. The van der Waals surface area contributed by atoms with E-state index in [2.05, 4.69) is 5.16 Å². The van der Waals surface area contributed by atoms with Gasteiger partial charge in [-0.25, -0.2) is 8.78 Å². The Morgan fingerprint density at radius 2 is 2.16 bits per heavy atom. The Hall–Kier alpha value is -1.54. The first-order valence-corrected chi connectivity index (χ1v) is 8.84. The Morgan fingerprint density at radius 1 is 1.40 bits per heavy atom. The Balaban J connectivity index is 1.32. The van der Waals surface area contributed by atoms with Gasteiger partial charge in [-0.05, 0) is 25.7 Å². The van der Waals surface area contributed by atoms with E-state index in [4.69, 9.17) is 9.26 Å². The highest BCUT2D eigenvalue weighted by Crippen LogP contribution is 2.36. The number of carbonyl (C=O) groups is 1. The van der Waals surface area contributed by atoms with Gasteiger partial charge in [-0.3, -0.25) is 9.69 Å². The van der Waals surface area contributed by atoms with E-state index in [1.54, 1.807) is 11.8 Å². The number of aryl methyl sites for hydroxylation is 1. The smallest absolute Gasteiger partial charge is 0.262 e. The van der Waals surface area contributed by atoms with Gasteiger partial charge < -0.3 is 14.2 Å². The first-order valence-electron chi connectivity index (χ1n) is 8.84. The number of rotatable bonds is 6. The Labute approximate surface area is 145 Å². The molecule has 25 heavy (non-hydrogen) atoms. The van der Waals surface area contributed by atoms with Crippen LogP contribution in [0.5, 0.6) is 0 Å². The fourth-order valence-electron chi connectivity index (χ4n) is 3.66. The van der Waals surface area contributed by atoms with Gasteiger partial charge in [-0.1, -0.05) is 5.16 Å². The molecule has 1 aromatic rings. The highest BCUT2D eigenvalue weighted by molar-refractivity contribution is 5.95. The van der Waals surface area contributed by atoms with E-state index in [0.29, 0.717) is 43.5 Å². The second-order valence-electron chi connectivity index (χ2n) is 7.54. The lowest BCUT2D eigenvalue weighted by atomic mass is 10.0. The molecular formula is C17H23F2N3O3. The lowest BCUT2D eigenvalue weighted by molar-refractivity contribution is -0.0157. The van der Waals surface area contributed by atoms with Crippen LogP contribution in [-0.4, -0.2) is 71.7 Å². The lowest BCUT2D eigenvalue weighted by Crippen LogP contribution is -2.62. The predicted molar refractivity (Wildman–Crippen MR) is 84.5 cm³/mol. The van der Waals surface area contributed by atoms with Crippen molar-refractivity contribution < 1.29 is 22.8 Å². The molecule has 0 radical (unpaired) electrons. The van der Waals surface area contributed by atoms with Crippen molar-refractivity contribution in [3.05, 3.63) is 17.5 Å². The average molecular weight is 355 g/mol. The molecule has 1 saturated carbocycles. The first kappa shape index (κ1) is 16.9. The van der Waals surface area contributed by atoms with Crippen LogP contribution in [0.25, 0.3) is 0 Å². The van der Waals surface area contributed by atoms with E-state index in [1.165, 1.54) is 19.1 Å². The summed E-state index contributed by atoms with van der Waals surface area (Å²) in [6.07, 6.45) is 3.55. The molecule has 0 spiro atoms. The quantitative estimate of drug-likeness (QED) is 0.781. The zero-order chi connectivity index (χ0) is 17.6. The molecule has 1 aliphatic carbocycles. The molecule has 3 heterocycles. The van der Waals surface area contributed by atoms with Crippen LogP contribution in [0.15, 0.2) is 10.8 Å². The van der Waals surface area contributed by atoms with Crippen LogP contribution in [0.3, 0.4) is 0 Å². The molecule has 3 fully saturated rings. The minimum absolute atomic E-state index is 0.0352. The number of alkyl halides is 2. The Morgan fingerprint density at radius 3 is 2.80 bits per heavy atom. The van der Waals surface area contributed by atoms with E-state index >= 15 is 0 Å². The molecule has 1 aromatic heterocycles. The van der Waals surface area contributed by atoms with Crippen LogP contribution in [0.4, 0.5) is 8.78 Å². The second-order valence-corrected chi connectivity index (χ2v) is 7.54. The van der Waals surface area contributed by atoms with Crippen molar-refractivity contribution >= 4 is 5.91 Å². The van der Waals surface area contributed by atoms with Crippen LogP contribution in [0.1, 0.15) is 35.3 Å². The van der Waals surface area contributed by atoms with Crippen LogP contribution in [0.2, 0.25) is 0 Å². The molecule has 0 bridgehead atoms. The van der Waals surface area contributed by atoms with Crippen molar-refractivity contribution in [2.75, 3.05) is 32.8 Å². The summed E-state index contributed by atoms with van der Waals surface area (Å²) in [7, 11) is 0. The van der Waals surface area contributed by atoms with Gasteiger partial charge in [0.05, 0.1) is 18.8 Å². The number of amides is 1. The highest BCUT2D eigenvalue weighted by atomic mass is 19.3. The van der Waals surface area contributed by atoms with Gasteiger partial charge in [-0.2, -0.15) is 0 Å².